The third-order valence-electron chi connectivity index (χ3n) is 2.20. The first kappa shape index (κ1) is 9.93. The molecule has 0 aliphatic heterocycles. The lowest BCUT2D eigenvalue weighted by atomic mass is 10.1. The number of benzene rings is 1. The minimum absolute atomic E-state index is 0.0329. The molecule has 1 aromatic carbocycles. The molecule has 2 rings (SSSR count). The van der Waals surface area contributed by atoms with Gasteiger partial charge in [0.2, 0.25) is 0 Å². The van der Waals surface area contributed by atoms with Crippen molar-refractivity contribution in [1.82, 2.24) is 4.98 Å². The number of pyridine rings is 1. The molecule has 0 saturated heterocycles. The lowest BCUT2D eigenvalue weighted by molar-refractivity contribution is -0.107. The van der Waals surface area contributed by atoms with Gasteiger partial charge in [0.15, 0.2) is 10.9 Å². The van der Waals surface area contributed by atoms with Crippen LogP contribution in [-0.2, 0) is 11.2 Å². The van der Waals surface area contributed by atoms with Crippen LogP contribution in [0.5, 0.6) is 5.75 Å². The van der Waals surface area contributed by atoms with Gasteiger partial charge < -0.3 is 9.90 Å². The van der Waals surface area contributed by atoms with Crippen molar-refractivity contribution in [3.05, 3.63) is 35.1 Å². The summed E-state index contributed by atoms with van der Waals surface area (Å²) in [5.41, 5.74) is 0.586. The zero-order valence-electron chi connectivity index (χ0n) is 7.77. The van der Waals surface area contributed by atoms with E-state index < -0.39 is 0 Å². The Morgan fingerprint density at radius 3 is 2.67 bits per heavy atom. The Morgan fingerprint density at radius 1 is 1.33 bits per heavy atom. The van der Waals surface area contributed by atoms with Gasteiger partial charge in [0, 0.05) is 17.2 Å². The molecule has 0 spiro atoms. The smallest absolute Gasteiger partial charge is 0.171 e. The number of hydrogen-bond acceptors (Lipinski definition) is 3. The maximum absolute atomic E-state index is 10.5. The second-order valence-corrected chi connectivity index (χ2v) is 3.47. The molecule has 0 saturated carbocycles. The first-order valence-electron chi connectivity index (χ1n) is 4.43. The molecule has 0 radical (unpaired) electrons. The Kier molecular flexibility index (Phi) is 2.56. The number of fused-ring (bicyclic) bond motifs is 1. The highest BCUT2D eigenvalue weighted by Crippen LogP contribution is 2.32. The number of aldehydes is 1. The van der Waals surface area contributed by atoms with E-state index in [1.165, 1.54) is 0 Å². The number of aromatic nitrogens is 1. The second-order valence-electron chi connectivity index (χ2n) is 3.11. The average molecular weight is 222 g/mol. The van der Waals surface area contributed by atoms with Crippen molar-refractivity contribution in [2.45, 2.75) is 6.42 Å². The molecular formula is C11H8ClNO2. The zero-order chi connectivity index (χ0) is 10.8. The molecule has 1 N–H and O–H groups in total. The maximum atomic E-state index is 10.5. The number of carbonyl (C=O) groups excluding carboxylic acids is 1. The van der Waals surface area contributed by atoms with E-state index in [2.05, 4.69) is 4.98 Å². The van der Waals surface area contributed by atoms with E-state index in [0.29, 0.717) is 11.1 Å². The predicted octanol–water partition coefficient (Wildman–Crippen LogP) is 2.34. The monoisotopic (exact) mass is 221 g/mol. The molecule has 0 atom stereocenters. The Balaban J connectivity index is 2.81. The molecule has 1 heterocycles. The van der Waals surface area contributed by atoms with E-state index in [1.54, 1.807) is 18.2 Å². The van der Waals surface area contributed by atoms with E-state index in [1.807, 2.05) is 6.07 Å². The lowest BCUT2D eigenvalue weighted by Gasteiger charge is -2.06. The highest BCUT2D eigenvalue weighted by molar-refractivity contribution is 6.32. The van der Waals surface area contributed by atoms with E-state index >= 15 is 0 Å². The summed E-state index contributed by atoms with van der Waals surface area (Å²) in [6, 6.07) is 7.17. The number of aromatic hydroxyl groups is 1. The minimum Gasteiger partial charge on any atom is -0.504 e. The fraction of sp³-hybridized carbons (Fsp3) is 0.0909. The summed E-state index contributed by atoms with van der Waals surface area (Å²) in [4.78, 5) is 14.4. The second kappa shape index (κ2) is 3.87. The van der Waals surface area contributed by atoms with Crippen LogP contribution < -0.4 is 0 Å². The number of carbonyl (C=O) groups is 1. The SMILES string of the molecule is O=CCc1nc(Cl)c(O)c2ccccc12. The van der Waals surface area contributed by atoms with Crippen molar-refractivity contribution >= 4 is 28.7 Å². The van der Waals surface area contributed by atoms with Gasteiger partial charge in [-0.25, -0.2) is 4.98 Å². The van der Waals surface area contributed by atoms with Gasteiger partial charge in [-0.1, -0.05) is 35.9 Å². The molecule has 0 aliphatic rings. The van der Waals surface area contributed by atoms with E-state index in [0.717, 1.165) is 11.7 Å². The Morgan fingerprint density at radius 2 is 2.00 bits per heavy atom. The zero-order valence-corrected chi connectivity index (χ0v) is 8.53. The summed E-state index contributed by atoms with van der Waals surface area (Å²) in [7, 11) is 0. The largest absolute Gasteiger partial charge is 0.504 e. The molecule has 0 bridgehead atoms. The molecule has 4 heteroatoms. The average Bonchev–Trinajstić information content (AvgIpc) is 2.26. The van der Waals surface area contributed by atoms with Crippen LogP contribution in [0.4, 0.5) is 0 Å². The fourth-order valence-corrected chi connectivity index (χ4v) is 1.72. The van der Waals surface area contributed by atoms with Crippen molar-refractivity contribution < 1.29 is 9.90 Å². The van der Waals surface area contributed by atoms with Gasteiger partial charge in [-0.2, -0.15) is 0 Å². The van der Waals surface area contributed by atoms with Gasteiger partial charge in [-0.3, -0.25) is 0 Å². The number of halogens is 1. The van der Waals surface area contributed by atoms with Crippen LogP contribution in [0.3, 0.4) is 0 Å². The quantitative estimate of drug-likeness (QED) is 0.626. The van der Waals surface area contributed by atoms with Crippen LogP contribution >= 0.6 is 11.6 Å². The fourth-order valence-electron chi connectivity index (χ4n) is 1.52. The molecule has 0 aliphatic carbocycles. The summed E-state index contributed by atoms with van der Waals surface area (Å²) < 4.78 is 0. The Bertz CT molecular complexity index is 525. The van der Waals surface area contributed by atoms with Gasteiger partial charge in [-0.05, 0) is 0 Å². The van der Waals surface area contributed by atoms with Crippen LogP contribution in [0.2, 0.25) is 5.15 Å². The molecule has 15 heavy (non-hydrogen) atoms. The van der Waals surface area contributed by atoms with Crippen LogP contribution in [0.15, 0.2) is 24.3 Å². The summed E-state index contributed by atoms with van der Waals surface area (Å²) >= 11 is 5.75. The number of hydrogen-bond donors (Lipinski definition) is 1. The van der Waals surface area contributed by atoms with Crippen LogP contribution in [0.25, 0.3) is 10.8 Å². The molecule has 0 unspecified atom stereocenters. The molecule has 76 valence electrons. The first-order valence-corrected chi connectivity index (χ1v) is 4.81. The van der Waals surface area contributed by atoms with Gasteiger partial charge in [0.25, 0.3) is 0 Å². The van der Waals surface area contributed by atoms with Crippen molar-refractivity contribution in [2.75, 3.05) is 0 Å². The standard InChI is InChI=1S/C11H8ClNO2/c12-11-10(15)8-4-2-1-3-7(8)9(13-11)5-6-14/h1-4,6,15H,5H2. The summed E-state index contributed by atoms with van der Waals surface area (Å²) in [5.74, 6) is -0.0399. The highest BCUT2D eigenvalue weighted by atomic mass is 35.5. The summed E-state index contributed by atoms with van der Waals surface area (Å²) in [6.07, 6.45) is 0.961. The van der Waals surface area contributed by atoms with Crippen molar-refractivity contribution in [3.8, 4) is 5.75 Å². The Labute approximate surface area is 91.3 Å². The van der Waals surface area contributed by atoms with Crippen LogP contribution in [-0.4, -0.2) is 16.4 Å². The maximum Gasteiger partial charge on any atom is 0.171 e. The van der Waals surface area contributed by atoms with Crippen LogP contribution in [0, 0.1) is 0 Å². The molecule has 0 amide bonds. The van der Waals surface area contributed by atoms with Gasteiger partial charge in [0.1, 0.15) is 6.29 Å². The Hall–Kier alpha value is -1.61. The van der Waals surface area contributed by atoms with Gasteiger partial charge in [-0.15, -0.1) is 0 Å². The first-order chi connectivity index (χ1) is 7.24. The van der Waals surface area contributed by atoms with Crippen molar-refractivity contribution in [1.29, 1.82) is 0 Å². The molecule has 2 aromatic rings. The summed E-state index contributed by atoms with van der Waals surface area (Å²) in [6.45, 7) is 0. The molecule has 3 nitrogen and oxygen atoms in total. The van der Waals surface area contributed by atoms with Gasteiger partial charge in [0.05, 0.1) is 5.69 Å². The third-order valence-corrected chi connectivity index (χ3v) is 2.46. The normalized spacial score (nSPS) is 10.5. The highest BCUT2D eigenvalue weighted by Gasteiger charge is 2.10. The van der Waals surface area contributed by atoms with Gasteiger partial charge >= 0.3 is 0 Å². The van der Waals surface area contributed by atoms with E-state index in [4.69, 9.17) is 11.6 Å². The van der Waals surface area contributed by atoms with E-state index in [9.17, 15) is 9.90 Å². The lowest BCUT2D eigenvalue weighted by Crippen LogP contribution is -1.94. The predicted molar refractivity (Wildman–Crippen MR) is 58.2 cm³/mol. The van der Waals surface area contributed by atoms with E-state index in [-0.39, 0.29) is 17.3 Å². The minimum atomic E-state index is -0.0399. The topological polar surface area (TPSA) is 50.2 Å². The number of rotatable bonds is 2. The summed E-state index contributed by atoms with van der Waals surface area (Å²) in [5, 5.41) is 11.1. The molecule has 0 fully saturated rings. The van der Waals surface area contributed by atoms with Crippen molar-refractivity contribution in [2.24, 2.45) is 0 Å². The third kappa shape index (κ3) is 1.66. The molecular weight excluding hydrogens is 214 g/mol. The van der Waals surface area contributed by atoms with Crippen molar-refractivity contribution in [3.63, 3.8) is 0 Å². The van der Waals surface area contributed by atoms with Crippen LogP contribution in [0.1, 0.15) is 5.69 Å². The number of nitrogens with zero attached hydrogens (tertiary/aromatic N) is 1. The molecule has 1 aromatic heterocycles.